The van der Waals surface area contributed by atoms with Crippen LogP contribution in [0.4, 0.5) is 4.39 Å². The van der Waals surface area contributed by atoms with E-state index in [1.54, 1.807) is 6.07 Å². The third-order valence-corrected chi connectivity index (χ3v) is 4.08. The number of halogens is 1. The lowest BCUT2D eigenvalue weighted by Crippen LogP contribution is -2.26. The van der Waals surface area contributed by atoms with Gasteiger partial charge in [-0.05, 0) is 37.3 Å². The summed E-state index contributed by atoms with van der Waals surface area (Å²) in [6.45, 7) is 6.19. The highest BCUT2D eigenvalue weighted by molar-refractivity contribution is 5.25. The second-order valence-electron chi connectivity index (χ2n) is 6.03. The van der Waals surface area contributed by atoms with Crippen molar-refractivity contribution in [1.29, 1.82) is 0 Å². The van der Waals surface area contributed by atoms with Crippen molar-refractivity contribution in [2.45, 2.75) is 50.9 Å². The number of nitrogens with zero attached hydrogens (tertiary/aromatic N) is 1. The monoisotopic (exact) mass is 274 g/mol. The van der Waals surface area contributed by atoms with Crippen molar-refractivity contribution < 1.29 is 4.39 Å². The number of hydrogen-bond acceptors (Lipinski definition) is 2. The SMILES string of the molecule is C=CCN(Cc1cc(CNC2CC2)ccc1F)C1CC1. The lowest BCUT2D eigenvalue weighted by molar-refractivity contribution is 0.279. The molecule has 2 saturated carbocycles. The van der Waals surface area contributed by atoms with Gasteiger partial charge in [0.2, 0.25) is 0 Å². The van der Waals surface area contributed by atoms with Crippen LogP contribution in [-0.2, 0) is 13.1 Å². The summed E-state index contributed by atoms with van der Waals surface area (Å²) >= 11 is 0. The summed E-state index contributed by atoms with van der Waals surface area (Å²) in [5.74, 6) is -0.0881. The predicted octanol–water partition coefficient (Wildman–Crippen LogP) is 3.23. The van der Waals surface area contributed by atoms with Crippen molar-refractivity contribution in [1.82, 2.24) is 10.2 Å². The van der Waals surface area contributed by atoms with E-state index in [9.17, 15) is 4.39 Å². The van der Waals surface area contributed by atoms with Crippen molar-refractivity contribution >= 4 is 0 Å². The lowest BCUT2D eigenvalue weighted by atomic mass is 10.1. The molecule has 3 heteroatoms. The van der Waals surface area contributed by atoms with Crippen LogP contribution >= 0.6 is 0 Å². The fourth-order valence-corrected chi connectivity index (χ4v) is 2.58. The summed E-state index contributed by atoms with van der Waals surface area (Å²) in [4.78, 5) is 2.32. The first kappa shape index (κ1) is 13.8. The third kappa shape index (κ3) is 3.68. The van der Waals surface area contributed by atoms with Crippen molar-refractivity contribution in [3.8, 4) is 0 Å². The highest BCUT2D eigenvalue weighted by Crippen LogP contribution is 2.29. The summed E-state index contributed by atoms with van der Waals surface area (Å²) < 4.78 is 14.0. The van der Waals surface area contributed by atoms with Crippen LogP contribution < -0.4 is 5.32 Å². The van der Waals surface area contributed by atoms with Crippen LogP contribution in [-0.4, -0.2) is 23.5 Å². The molecular formula is C17H23FN2. The minimum Gasteiger partial charge on any atom is -0.310 e. The maximum absolute atomic E-state index is 14.0. The molecule has 2 aliphatic rings. The van der Waals surface area contributed by atoms with Crippen molar-refractivity contribution in [2.75, 3.05) is 6.54 Å². The Labute approximate surface area is 120 Å². The normalized spacial score (nSPS) is 18.5. The Bertz CT molecular complexity index is 478. The predicted molar refractivity (Wildman–Crippen MR) is 79.9 cm³/mol. The lowest BCUT2D eigenvalue weighted by Gasteiger charge is -2.21. The molecule has 0 saturated heterocycles. The average Bonchev–Trinajstić information content (AvgIpc) is 3.31. The molecule has 20 heavy (non-hydrogen) atoms. The zero-order valence-corrected chi connectivity index (χ0v) is 11.9. The second kappa shape index (κ2) is 6.06. The molecule has 0 unspecified atom stereocenters. The van der Waals surface area contributed by atoms with Gasteiger partial charge in [-0.15, -0.1) is 6.58 Å². The van der Waals surface area contributed by atoms with Crippen LogP contribution in [0.25, 0.3) is 0 Å². The maximum atomic E-state index is 14.0. The molecule has 2 nitrogen and oxygen atoms in total. The molecule has 0 aromatic heterocycles. The van der Waals surface area contributed by atoms with Crippen LogP contribution in [0.1, 0.15) is 36.8 Å². The van der Waals surface area contributed by atoms with E-state index in [0.717, 1.165) is 18.7 Å². The number of benzene rings is 1. The molecule has 0 amide bonds. The van der Waals surface area contributed by atoms with E-state index in [0.29, 0.717) is 18.6 Å². The Balaban J connectivity index is 1.66. The van der Waals surface area contributed by atoms with Gasteiger partial charge in [-0.2, -0.15) is 0 Å². The molecule has 0 aliphatic heterocycles. The molecule has 3 rings (SSSR count). The zero-order chi connectivity index (χ0) is 13.9. The zero-order valence-electron chi connectivity index (χ0n) is 11.9. The topological polar surface area (TPSA) is 15.3 Å². The minimum absolute atomic E-state index is 0.0881. The Hall–Kier alpha value is -1.19. The van der Waals surface area contributed by atoms with E-state index in [4.69, 9.17) is 0 Å². The first-order valence-corrected chi connectivity index (χ1v) is 7.62. The second-order valence-corrected chi connectivity index (χ2v) is 6.03. The molecule has 1 aromatic rings. The van der Waals surface area contributed by atoms with E-state index in [2.05, 4.69) is 16.8 Å². The van der Waals surface area contributed by atoms with Gasteiger partial charge < -0.3 is 5.32 Å². The molecule has 1 aromatic carbocycles. The molecule has 0 spiro atoms. The Kier molecular flexibility index (Phi) is 4.18. The van der Waals surface area contributed by atoms with Gasteiger partial charge in [-0.25, -0.2) is 4.39 Å². The molecule has 0 radical (unpaired) electrons. The summed E-state index contributed by atoms with van der Waals surface area (Å²) in [6, 6.07) is 6.83. The van der Waals surface area contributed by atoms with E-state index >= 15 is 0 Å². The number of hydrogen-bond donors (Lipinski definition) is 1. The van der Waals surface area contributed by atoms with Gasteiger partial charge >= 0.3 is 0 Å². The van der Waals surface area contributed by atoms with Crippen LogP contribution in [0, 0.1) is 5.82 Å². The quantitative estimate of drug-likeness (QED) is 0.732. The number of nitrogens with one attached hydrogen (secondary N) is 1. The van der Waals surface area contributed by atoms with Gasteiger partial charge in [0.05, 0.1) is 0 Å². The summed E-state index contributed by atoms with van der Waals surface area (Å²) in [6.07, 6.45) is 6.94. The van der Waals surface area contributed by atoms with Gasteiger partial charge in [0, 0.05) is 37.3 Å². The molecule has 1 N–H and O–H groups in total. The van der Waals surface area contributed by atoms with Gasteiger partial charge in [0.1, 0.15) is 5.82 Å². The van der Waals surface area contributed by atoms with Gasteiger partial charge in [-0.3, -0.25) is 4.90 Å². The molecule has 0 bridgehead atoms. The van der Waals surface area contributed by atoms with Crippen molar-refractivity contribution in [3.63, 3.8) is 0 Å². The fourth-order valence-electron chi connectivity index (χ4n) is 2.58. The third-order valence-electron chi connectivity index (χ3n) is 4.08. The summed E-state index contributed by atoms with van der Waals surface area (Å²) in [5, 5.41) is 3.48. The first-order valence-electron chi connectivity index (χ1n) is 7.62. The van der Waals surface area contributed by atoms with E-state index in [1.807, 2.05) is 18.2 Å². The Morgan fingerprint density at radius 1 is 1.30 bits per heavy atom. The largest absolute Gasteiger partial charge is 0.310 e. The van der Waals surface area contributed by atoms with Gasteiger partial charge in [0.25, 0.3) is 0 Å². The molecular weight excluding hydrogens is 251 g/mol. The molecule has 2 aliphatic carbocycles. The van der Waals surface area contributed by atoms with E-state index in [-0.39, 0.29) is 5.82 Å². The van der Waals surface area contributed by atoms with E-state index < -0.39 is 0 Å². The van der Waals surface area contributed by atoms with Crippen LogP contribution in [0.15, 0.2) is 30.9 Å². The minimum atomic E-state index is -0.0881. The molecule has 0 heterocycles. The van der Waals surface area contributed by atoms with Crippen LogP contribution in [0.2, 0.25) is 0 Å². The fraction of sp³-hybridized carbons (Fsp3) is 0.529. The standard InChI is InChI=1S/C17H23FN2/c1-2-9-20(16-6-7-16)12-14-10-13(3-8-17(14)18)11-19-15-4-5-15/h2-3,8,10,15-16,19H,1,4-7,9,11-12H2. The Morgan fingerprint density at radius 3 is 2.75 bits per heavy atom. The van der Waals surface area contributed by atoms with Crippen LogP contribution in [0.5, 0.6) is 0 Å². The maximum Gasteiger partial charge on any atom is 0.127 e. The average molecular weight is 274 g/mol. The van der Waals surface area contributed by atoms with Crippen molar-refractivity contribution in [3.05, 3.63) is 47.8 Å². The van der Waals surface area contributed by atoms with Crippen molar-refractivity contribution in [2.24, 2.45) is 0 Å². The van der Waals surface area contributed by atoms with Gasteiger partial charge in [-0.1, -0.05) is 18.2 Å². The molecule has 0 atom stereocenters. The smallest absolute Gasteiger partial charge is 0.127 e. The first-order chi connectivity index (χ1) is 9.76. The summed E-state index contributed by atoms with van der Waals surface area (Å²) in [5.41, 5.74) is 2.00. The molecule has 2 fully saturated rings. The summed E-state index contributed by atoms with van der Waals surface area (Å²) in [7, 11) is 0. The van der Waals surface area contributed by atoms with Gasteiger partial charge in [0.15, 0.2) is 0 Å². The molecule has 108 valence electrons. The Morgan fingerprint density at radius 2 is 2.10 bits per heavy atom. The number of rotatable bonds is 8. The van der Waals surface area contributed by atoms with Crippen LogP contribution in [0.3, 0.4) is 0 Å². The van der Waals surface area contributed by atoms with E-state index in [1.165, 1.54) is 31.2 Å². The highest BCUT2D eigenvalue weighted by atomic mass is 19.1. The highest BCUT2D eigenvalue weighted by Gasteiger charge is 2.28.